The molecule has 0 saturated carbocycles. The Morgan fingerprint density at radius 3 is 2.32 bits per heavy atom. The minimum atomic E-state index is -3.80. The second-order valence-corrected chi connectivity index (χ2v) is 8.98. The Morgan fingerprint density at radius 1 is 1.07 bits per heavy atom. The van der Waals surface area contributed by atoms with Crippen LogP contribution >= 0.6 is 23.2 Å². The summed E-state index contributed by atoms with van der Waals surface area (Å²) >= 11 is 11.7. The normalized spacial score (nSPS) is 16.8. The lowest BCUT2D eigenvalue weighted by Crippen LogP contribution is -2.51. The summed E-state index contributed by atoms with van der Waals surface area (Å²) in [5.41, 5.74) is -0.180. The van der Waals surface area contributed by atoms with Gasteiger partial charge in [-0.25, -0.2) is 12.8 Å². The minimum Gasteiger partial charge on any atom is -0.378 e. The van der Waals surface area contributed by atoms with Gasteiger partial charge < -0.3 is 10.0 Å². The number of nitrogens with zero attached hydrogens (tertiary/aromatic N) is 2. The second kappa shape index (κ2) is 8.34. The summed E-state index contributed by atoms with van der Waals surface area (Å²) in [6.07, 6.45) is -1.69. The minimum absolute atomic E-state index is 0.000266. The van der Waals surface area contributed by atoms with Crippen molar-refractivity contribution in [3.05, 3.63) is 63.9 Å². The molecular formula is C18H17Cl2FN2O4S. The smallest absolute Gasteiger partial charge is 0.256 e. The molecule has 1 fully saturated rings. The predicted molar refractivity (Wildman–Crippen MR) is 103 cm³/mol. The first kappa shape index (κ1) is 21.0. The average molecular weight is 447 g/mol. The third-order valence-electron chi connectivity index (χ3n) is 4.50. The van der Waals surface area contributed by atoms with E-state index in [1.807, 2.05) is 0 Å². The fourth-order valence-electron chi connectivity index (χ4n) is 2.97. The van der Waals surface area contributed by atoms with E-state index in [0.717, 1.165) is 6.07 Å². The lowest BCUT2D eigenvalue weighted by molar-refractivity contribution is -0.141. The van der Waals surface area contributed by atoms with Crippen LogP contribution in [0, 0.1) is 5.82 Å². The Hall–Kier alpha value is -1.71. The van der Waals surface area contributed by atoms with E-state index in [4.69, 9.17) is 23.2 Å². The first-order valence-corrected chi connectivity index (χ1v) is 10.6. The highest BCUT2D eigenvalue weighted by atomic mass is 35.5. The number of sulfonamides is 1. The van der Waals surface area contributed by atoms with Crippen molar-refractivity contribution in [1.29, 1.82) is 0 Å². The Balaban J connectivity index is 1.69. The van der Waals surface area contributed by atoms with E-state index in [0.29, 0.717) is 0 Å². The van der Waals surface area contributed by atoms with Crippen molar-refractivity contribution in [2.45, 2.75) is 11.0 Å². The number of halogens is 3. The molecule has 0 aliphatic carbocycles. The van der Waals surface area contributed by atoms with E-state index >= 15 is 0 Å². The molecule has 150 valence electrons. The van der Waals surface area contributed by atoms with Crippen molar-refractivity contribution >= 4 is 39.1 Å². The summed E-state index contributed by atoms with van der Waals surface area (Å²) in [5.74, 6) is -1.48. The first-order chi connectivity index (χ1) is 13.2. The van der Waals surface area contributed by atoms with Crippen molar-refractivity contribution in [2.24, 2.45) is 0 Å². The van der Waals surface area contributed by atoms with E-state index in [1.54, 1.807) is 12.1 Å². The maximum absolute atomic E-state index is 14.0. The summed E-state index contributed by atoms with van der Waals surface area (Å²) in [7, 11) is -3.80. The largest absolute Gasteiger partial charge is 0.378 e. The second-order valence-electron chi connectivity index (χ2n) is 6.23. The third-order valence-corrected chi connectivity index (χ3v) is 7.13. The monoisotopic (exact) mass is 446 g/mol. The number of carbonyl (C=O) groups excluding carboxylic acids is 1. The zero-order valence-electron chi connectivity index (χ0n) is 14.6. The Labute approximate surface area is 172 Å². The lowest BCUT2D eigenvalue weighted by atomic mass is 10.1. The van der Waals surface area contributed by atoms with Crippen LogP contribution in [0.15, 0.2) is 47.4 Å². The van der Waals surface area contributed by atoms with Gasteiger partial charge in [0, 0.05) is 36.8 Å². The highest BCUT2D eigenvalue weighted by Crippen LogP contribution is 2.26. The van der Waals surface area contributed by atoms with Gasteiger partial charge in [-0.2, -0.15) is 4.31 Å². The van der Waals surface area contributed by atoms with E-state index < -0.39 is 27.9 Å². The van der Waals surface area contributed by atoms with Gasteiger partial charge in [-0.1, -0.05) is 41.4 Å². The molecule has 0 radical (unpaired) electrons. The number of amides is 1. The molecule has 1 aliphatic heterocycles. The molecule has 1 N–H and O–H groups in total. The lowest BCUT2D eigenvalue weighted by Gasteiger charge is -2.35. The molecule has 6 nitrogen and oxygen atoms in total. The molecule has 1 saturated heterocycles. The number of hydrogen-bond acceptors (Lipinski definition) is 4. The topological polar surface area (TPSA) is 77.9 Å². The highest BCUT2D eigenvalue weighted by molar-refractivity contribution is 7.89. The predicted octanol–water partition coefficient (Wildman–Crippen LogP) is 2.70. The molecule has 28 heavy (non-hydrogen) atoms. The SMILES string of the molecule is O=C(C(O)c1ccc(Cl)cc1F)N1CCN(S(=O)(=O)c2ccccc2Cl)CC1. The number of carbonyl (C=O) groups is 1. The highest BCUT2D eigenvalue weighted by Gasteiger charge is 2.33. The van der Waals surface area contributed by atoms with E-state index in [-0.39, 0.29) is 46.7 Å². The maximum Gasteiger partial charge on any atom is 0.256 e. The fraction of sp³-hybridized carbons (Fsp3) is 0.278. The van der Waals surface area contributed by atoms with Gasteiger partial charge in [-0.05, 0) is 24.3 Å². The van der Waals surface area contributed by atoms with Gasteiger partial charge in [0.25, 0.3) is 5.91 Å². The molecule has 2 aromatic rings. The summed E-state index contributed by atoms with van der Waals surface area (Å²) in [5, 5.41) is 10.5. The molecule has 0 aromatic heterocycles. The molecule has 1 amide bonds. The van der Waals surface area contributed by atoms with Gasteiger partial charge in [0.1, 0.15) is 10.7 Å². The average Bonchev–Trinajstić information content (AvgIpc) is 2.67. The molecule has 1 unspecified atom stereocenters. The summed E-state index contributed by atoms with van der Waals surface area (Å²) in [6, 6.07) is 9.77. The van der Waals surface area contributed by atoms with Crippen molar-refractivity contribution in [3.63, 3.8) is 0 Å². The molecule has 1 heterocycles. The molecule has 3 rings (SSSR count). The first-order valence-electron chi connectivity index (χ1n) is 8.38. The number of piperazine rings is 1. The Bertz CT molecular complexity index is 995. The van der Waals surface area contributed by atoms with Crippen molar-refractivity contribution in [2.75, 3.05) is 26.2 Å². The molecule has 2 aromatic carbocycles. The summed E-state index contributed by atoms with van der Waals surface area (Å²) in [6.45, 7) is 0.202. The summed E-state index contributed by atoms with van der Waals surface area (Å²) < 4.78 is 40.7. The van der Waals surface area contributed by atoms with E-state index in [1.165, 1.54) is 33.5 Å². The van der Waals surface area contributed by atoms with Crippen molar-refractivity contribution in [1.82, 2.24) is 9.21 Å². The molecule has 1 aliphatic rings. The van der Waals surface area contributed by atoms with Gasteiger partial charge in [0.15, 0.2) is 6.10 Å². The van der Waals surface area contributed by atoms with Gasteiger partial charge in [-0.3, -0.25) is 4.79 Å². The van der Waals surface area contributed by atoms with Gasteiger partial charge in [0.2, 0.25) is 10.0 Å². The number of rotatable bonds is 4. The van der Waals surface area contributed by atoms with Gasteiger partial charge in [-0.15, -0.1) is 0 Å². The number of hydrogen-bond donors (Lipinski definition) is 1. The van der Waals surface area contributed by atoms with Crippen LogP contribution in [0.25, 0.3) is 0 Å². The third kappa shape index (κ3) is 4.16. The van der Waals surface area contributed by atoms with Crippen LogP contribution in [0.1, 0.15) is 11.7 Å². The van der Waals surface area contributed by atoms with Crippen LogP contribution in [0.4, 0.5) is 4.39 Å². The van der Waals surface area contributed by atoms with Crippen molar-refractivity contribution in [3.8, 4) is 0 Å². The molecular weight excluding hydrogens is 430 g/mol. The van der Waals surface area contributed by atoms with E-state index in [2.05, 4.69) is 0 Å². The number of aliphatic hydroxyl groups excluding tert-OH is 1. The Kier molecular flexibility index (Phi) is 6.26. The number of aliphatic hydroxyl groups is 1. The zero-order valence-corrected chi connectivity index (χ0v) is 16.9. The van der Waals surface area contributed by atoms with Gasteiger partial charge in [0.05, 0.1) is 5.02 Å². The van der Waals surface area contributed by atoms with Crippen LogP contribution in [-0.4, -0.2) is 54.8 Å². The molecule has 10 heteroatoms. The van der Waals surface area contributed by atoms with Crippen LogP contribution in [0.2, 0.25) is 10.0 Å². The zero-order chi connectivity index (χ0) is 20.5. The summed E-state index contributed by atoms with van der Waals surface area (Å²) in [4.78, 5) is 13.8. The Morgan fingerprint density at radius 2 is 1.71 bits per heavy atom. The maximum atomic E-state index is 14.0. The standard InChI is InChI=1S/C18H17Cl2FN2O4S/c19-12-5-6-13(15(21)11-12)17(24)18(25)22-7-9-23(10-8-22)28(26,27)16-4-2-1-3-14(16)20/h1-6,11,17,24H,7-10H2. The molecule has 0 spiro atoms. The van der Waals surface area contributed by atoms with Crippen LogP contribution in [0.5, 0.6) is 0 Å². The molecule has 0 bridgehead atoms. The van der Waals surface area contributed by atoms with Gasteiger partial charge >= 0.3 is 0 Å². The quantitative estimate of drug-likeness (QED) is 0.782. The van der Waals surface area contributed by atoms with Crippen LogP contribution in [-0.2, 0) is 14.8 Å². The van der Waals surface area contributed by atoms with Crippen LogP contribution in [0.3, 0.4) is 0 Å². The van der Waals surface area contributed by atoms with E-state index in [9.17, 15) is 22.7 Å². The van der Waals surface area contributed by atoms with Crippen molar-refractivity contribution < 1.29 is 22.7 Å². The number of benzene rings is 2. The fourth-order valence-corrected chi connectivity index (χ4v) is 5.05. The van der Waals surface area contributed by atoms with Crippen LogP contribution < -0.4 is 0 Å². The molecule has 1 atom stereocenters.